The Balaban J connectivity index is 1.35. The van der Waals surface area contributed by atoms with E-state index >= 15 is 0 Å². The van der Waals surface area contributed by atoms with Crippen LogP contribution in [-0.2, 0) is 20.5 Å². The third-order valence-electron chi connectivity index (χ3n) is 7.62. The molecule has 3 saturated heterocycles. The molecule has 0 spiro atoms. The summed E-state index contributed by atoms with van der Waals surface area (Å²) in [6, 6.07) is 3.33. The molecule has 0 radical (unpaired) electrons. The van der Waals surface area contributed by atoms with E-state index in [9.17, 15) is 27.6 Å². The molecule has 0 aliphatic carbocycles. The number of likely N-dealkylation sites (tertiary alicyclic amines) is 1. The van der Waals surface area contributed by atoms with E-state index in [1.54, 1.807) is 15.9 Å². The number of carbonyl (C=O) groups is 3. The number of nitrogens with one attached hydrogen (secondary N) is 2. The van der Waals surface area contributed by atoms with Gasteiger partial charge in [0.1, 0.15) is 11.6 Å². The minimum Gasteiger partial charge on any atom is -0.444 e. The number of hydrogen-bond acceptors (Lipinski definition) is 6. The van der Waals surface area contributed by atoms with Crippen LogP contribution in [0.4, 0.5) is 29.3 Å². The maximum atomic E-state index is 14.0. The number of nitrogens with zero attached hydrogens (tertiary/aromatic N) is 2. The number of imide groups is 1. The number of piperidine rings is 3. The molecule has 11 heteroatoms. The Hall–Kier alpha value is -2.98. The third-order valence-corrected chi connectivity index (χ3v) is 7.62. The second-order valence-corrected chi connectivity index (χ2v) is 11.5. The topological polar surface area (TPSA) is 91.0 Å². The van der Waals surface area contributed by atoms with Crippen molar-refractivity contribution in [2.75, 3.05) is 36.4 Å². The first-order valence-corrected chi connectivity index (χ1v) is 13.3. The number of hydrogen-bond donors (Lipinski definition) is 2. The van der Waals surface area contributed by atoms with E-state index in [0.29, 0.717) is 38.0 Å². The summed E-state index contributed by atoms with van der Waals surface area (Å²) in [5, 5.41) is 5.06. The minimum absolute atomic E-state index is 0.141. The van der Waals surface area contributed by atoms with Gasteiger partial charge in [0.25, 0.3) is 0 Å². The molecule has 1 aromatic carbocycles. The molecule has 4 rings (SSSR count). The molecular formula is C27H37F3N4O4. The highest BCUT2D eigenvalue weighted by molar-refractivity contribution is 6.01. The molecule has 0 bridgehead atoms. The monoisotopic (exact) mass is 538 g/mol. The van der Waals surface area contributed by atoms with Gasteiger partial charge in [0, 0.05) is 44.0 Å². The molecule has 2 N–H and O–H groups in total. The van der Waals surface area contributed by atoms with Crippen molar-refractivity contribution >= 4 is 29.3 Å². The first kappa shape index (κ1) is 28.0. The van der Waals surface area contributed by atoms with Crippen molar-refractivity contribution in [3.05, 3.63) is 23.8 Å². The lowest BCUT2D eigenvalue weighted by Crippen LogP contribution is -2.47. The average molecular weight is 539 g/mol. The van der Waals surface area contributed by atoms with E-state index in [4.69, 9.17) is 4.74 Å². The van der Waals surface area contributed by atoms with E-state index in [2.05, 4.69) is 10.6 Å². The van der Waals surface area contributed by atoms with Gasteiger partial charge < -0.3 is 19.9 Å². The second kappa shape index (κ2) is 11.0. The molecule has 0 aromatic heterocycles. The normalized spacial score (nSPS) is 22.3. The number of rotatable bonds is 4. The van der Waals surface area contributed by atoms with Gasteiger partial charge in [-0.15, -0.1) is 0 Å². The van der Waals surface area contributed by atoms with Crippen molar-refractivity contribution in [2.24, 2.45) is 11.8 Å². The highest BCUT2D eigenvalue weighted by Crippen LogP contribution is 2.41. The summed E-state index contributed by atoms with van der Waals surface area (Å²) in [7, 11) is 0. The van der Waals surface area contributed by atoms with Crippen LogP contribution in [0, 0.1) is 11.8 Å². The van der Waals surface area contributed by atoms with Crippen molar-refractivity contribution in [3.63, 3.8) is 0 Å². The number of ether oxygens (including phenoxy) is 1. The fourth-order valence-corrected chi connectivity index (χ4v) is 5.65. The largest absolute Gasteiger partial charge is 0.444 e. The summed E-state index contributed by atoms with van der Waals surface area (Å²) in [6.07, 6.45) is -1.13. The van der Waals surface area contributed by atoms with Gasteiger partial charge in [0.05, 0.1) is 5.56 Å². The number of halogens is 3. The van der Waals surface area contributed by atoms with Crippen LogP contribution in [-0.4, -0.2) is 60.6 Å². The van der Waals surface area contributed by atoms with Crippen molar-refractivity contribution in [3.8, 4) is 0 Å². The van der Waals surface area contributed by atoms with Crippen LogP contribution in [0.3, 0.4) is 0 Å². The quantitative estimate of drug-likeness (QED) is 0.536. The van der Waals surface area contributed by atoms with E-state index < -0.39 is 29.3 Å². The van der Waals surface area contributed by atoms with Crippen LogP contribution in [0.2, 0.25) is 0 Å². The zero-order chi connectivity index (χ0) is 27.7. The Kier molecular flexibility index (Phi) is 8.13. The van der Waals surface area contributed by atoms with Crippen LogP contribution >= 0.6 is 0 Å². The minimum atomic E-state index is -4.55. The molecule has 210 valence electrons. The lowest BCUT2D eigenvalue weighted by Gasteiger charge is -2.41. The predicted octanol–water partition coefficient (Wildman–Crippen LogP) is 4.79. The highest BCUT2D eigenvalue weighted by atomic mass is 19.4. The Bertz CT molecular complexity index is 1040. The third kappa shape index (κ3) is 6.91. The number of amides is 3. The first-order valence-electron chi connectivity index (χ1n) is 13.3. The van der Waals surface area contributed by atoms with E-state index in [0.717, 1.165) is 31.7 Å². The van der Waals surface area contributed by atoms with Crippen LogP contribution in [0.1, 0.15) is 64.9 Å². The summed E-state index contributed by atoms with van der Waals surface area (Å²) >= 11 is 0. The van der Waals surface area contributed by atoms with Crippen LogP contribution in [0.5, 0.6) is 0 Å². The predicted molar refractivity (Wildman–Crippen MR) is 137 cm³/mol. The lowest BCUT2D eigenvalue weighted by atomic mass is 9.78. The maximum absolute atomic E-state index is 14.0. The lowest BCUT2D eigenvalue weighted by molar-refractivity contribution is -0.137. The number of carbonyl (C=O) groups excluding carboxylic acids is 3. The zero-order valence-electron chi connectivity index (χ0n) is 22.2. The van der Waals surface area contributed by atoms with Crippen molar-refractivity contribution < 1.29 is 32.3 Å². The maximum Gasteiger partial charge on any atom is 0.418 e. The summed E-state index contributed by atoms with van der Waals surface area (Å²) in [6.45, 7) is 7.87. The number of anilines is 2. The Morgan fingerprint density at radius 3 is 2.13 bits per heavy atom. The SMILES string of the molecule is CC(C)(C)OC(=O)N1CCC(C2CCN(c3ccc(NC4CCC(=O)NC4=O)cc3C(F)(F)F)CC2)CC1. The van der Waals surface area contributed by atoms with Gasteiger partial charge in [-0.25, -0.2) is 4.79 Å². The molecule has 38 heavy (non-hydrogen) atoms. The molecule has 8 nitrogen and oxygen atoms in total. The van der Waals surface area contributed by atoms with Crippen molar-refractivity contribution in [1.82, 2.24) is 10.2 Å². The smallest absolute Gasteiger partial charge is 0.418 e. The van der Waals surface area contributed by atoms with Crippen molar-refractivity contribution in [1.29, 1.82) is 0 Å². The summed E-state index contributed by atoms with van der Waals surface area (Å²) in [5.74, 6) is -0.0536. The van der Waals surface area contributed by atoms with Gasteiger partial charge in [-0.2, -0.15) is 13.2 Å². The molecular weight excluding hydrogens is 501 g/mol. The van der Waals surface area contributed by atoms with Gasteiger partial charge in [0.15, 0.2) is 0 Å². The van der Waals surface area contributed by atoms with Gasteiger partial charge in [0.2, 0.25) is 11.8 Å². The van der Waals surface area contributed by atoms with E-state index in [1.807, 2.05) is 20.8 Å². The van der Waals surface area contributed by atoms with Gasteiger partial charge in [-0.3, -0.25) is 14.9 Å². The molecule has 3 heterocycles. The van der Waals surface area contributed by atoms with Crippen LogP contribution < -0.4 is 15.5 Å². The fourth-order valence-electron chi connectivity index (χ4n) is 5.65. The standard InChI is InChI=1S/C27H37F3N4O4/c1-26(2,3)38-25(37)34-14-10-18(11-15-34)17-8-12-33(13-9-17)22-6-4-19(16-20(22)27(28,29)30)31-21-5-7-23(35)32-24(21)36/h4,6,16-18,21,31H,5,7-15H2,1-3H3,(H,32,35,36). The Labute approximate surface area is 221 Å². The van der Waals surface area contributed by atoms with E-state index in [-0.39, 0.29) is 36.2 Å². The molecule has 3 aliphatic heterocycles. The molecule has 1 atom stereocenters. The fraction of sp³-hybridized carbons (Fsp3) is 0.667. The number of benzene rings is 1. The Morgan fingerprint density at radius 2 is 1.58 bits per heavy atom. The van der Waals surface area contributed by atoms with E-state index in [1.165, 1.54) is 6.07 Å². The summed E-state index contributed by atoms with van der Waals surface area (Å²) in [5.41, 5.74) is -0.930. The summed E-state index contributed by atoms with van der Waals surface area (Å²) in [4.78, 5) is 39.3. The van der Waals surface area contributed by atoms with Crippen LogP contribution in [0.25, 0.3) is 0 Å². The average Bonchev–Trinajstić information content (AvgIpc) is 2.84. The molecule has 1 unspecified atom stereocenters. The number of alkyl halides is 3. The molecule has 3 fully saturated rings. The Morgan fingerprint density at radius 1 is 0.974 bits per heavy atom. The van der Waals surface area contributed by atoms with Gasteiger partial charge in [-0.1, -0.05) is 0 Å². The van der Waals surface area contributed by atoms with Crippen LogP contribution in [0.15, 0.2) is 18.2 Å². The molecule has 1 aromatic rings. The first-order chi connectivity index (χ1) is 17.8. The molecule has 3 amide bonds. The second-order valence-electron chi connectivity index (χ2n) is 11.5. The summed E-state index contributed by atoms with van der Waals surface area (Å²) < 4.78 is 47.6. The highest BCUT2D eigenvalue weighted by Gasteiger charge is 2.38. The van der Waals surface area contributed by atoms with Gasteiger partial charge in [-0.05, 0) is 82.9 Å². The molecule has 3 aliphatic rings. The molecule has 0 saturated carbocycles. The van der Waals surface area contributed by atoms with Crippen molar-refractivity contribution in [2.45, 2.75) is 77.1 Å². The van der Waals surface area contributed by atoms with Gasteiger partial charge >= 0.3 is 12.3 Å². The zero-order valence-corrected chi connectivity index (χ0v) is 22.2.